The number of nitrogens with one attached hydrogen (secondary N) is 1. The molecule has 1 N–H and O–H groups in total. The summed E-state index contributed by atoms with van der Waals surface area (Å²) in [5, 5.41) is 7.08. The van der Waals surface area contributed by atoms with Crippen molar-refractivity contribution in [1.82, 2.24) is 15.1 Å². The van der Waals surface area contributed by atoms with E-state index in [0.717, 1.165) is 15.7 Å². The van der Waals surface area contributed by atoms with Crippen molar-refractivity contribution >= 4 is 21.6 Å². The van der Waals surface area contributed by atoms with Crippen LogP contribution in [0.2, 0.25) is 0 Å². The minimum Gasteiger partial charge on any atom is -0.387 e. The first-order chi connectivity index (χ1) is 9.78. The van der Waals surface area contributed by atoms with E-state index in [1.54, 1.807) is 6.20 Å². The highest BCUT2D eigenvalue weighted by Gasteiger charge is 2.13. The Hall–Kier alpha value is -2.21. The standard InChI is InChI=1S/C14H11BrN4O/c1-16-11-5-3-2-4-10(11)14-18-13(19-20-14)12-7-6-9(15)8-17-12/h2-8,16H,1H3. The van der Waals surface area contributed by atoms with Crippen molar-refractivity contribution in [2.24, 2.45) is 0 Å². The summed E-state index contributed by atoms with van der Waals surface area (Å²) in [5.74, 6) is 0.938. The number of hydrogen-bond donors (Lipinski definition) is 1. The minimum atomic E-state index is 0.467. The summed E-state index contributed by atoms with van der Waals surface area (Å²) in [5.41, 5.74) is 2.47. The smallest absolute Gasteiger partial charge is 0.260 e. The summed E-state index contributed by atoms with van der Waals surface area (Å²) in [6.07, 6.45) is 1.70. The summed E-state index contributed by atoms with van der Waals surface area (Å²) < 4.78 is 6.23. The van der Waals surface area contributed by atoms with E-state index in [2.05, 4.69) is 36.4 Å². The Morgan fingerprint density at radius 3 is 2.75 bits per heavy atom. The van der Waals surface area contributed by atoms with Crippen LogP contribution in [0.25, 0.3) is 23.0 Å². The molecule has 100 valence electrons. The molecule has 0 aliphatic rings. The maximum absolute atomic E-state index is 5.33. The molecule has 2 aromatic heterocycles. The van der Waals surface area contributed by atoms with E-state index in [0.29, 0.717) is 17.4 Å². The zero-order valence-electron chi connectivity index (χ0n) is 10.7. The number of halogens is 1. The van der Waals surface area contributed by atoms with E-state index in [-0.39, 0.29) is 0 Å². The summed E-state index contributed by atoms with van der Waals surface area (Å²) in [4.78, 5) is 8.64. The number of benzene rings is 1. The zero-order valence-corrected chi connectivity index (χ0v) is 12.3. The fraction of sp³-hybridized carbons (Fsp3) is 0.0714. The van der Waals surface area contributed by atoms with Crippen LogP contribution in [0, 0.1) is 0 Å². The maximum Gasteiger partial charge on any atom is 0.260 e. The average Bonchev–Trinajstić information content (AvgIpc) is 2.97. The van der Waals surface area contributed by atoms with Crippen LogP contribution in [0.4, 0.5) is 5.69 Å². The normalized spacial score (nSPS) is 10.5. The molecular formula is C14H11BrN4O. The van der Waals surface area contributed by atoms with Crippen LogP contribution in [-0.2, 0) is 0 Å². The molecule has 0 saturated heterocycles. The lowest BCUT2D eigenvalue weighted by Crippen LogP contribution is -1.91. The van der Waals surface area contributed by atoms with Gasteiger partial charge in [-0.05, 0) is 40.2 Å². The van der Waals surface area contributed by atoms with Crippen molar-refractivity contribution < 1.29 is 4.52 Å². The van der Waals surface area contributed by atoms with Gasteiger partial charge in [-0.25, -0.2) is 0 Å². The Balaban J connectivity index is 2.00. The molecule has 3 rings (SSSR count). The molecule has 0 unspecified atom stereocenters. The van der Waals surface area contributed by atoms with Crippen LogP contribution in [0.15, 0.2) is 51.6 Å². The second kappa shape index (κ2) is 5.42. The highest BCUT2D eigenvalue weighted by molar-refractivity contribution is 9.10. The average molecular weight is 331 g/mol. The van der Waals surface area contributed by atoms with E-state index in [9.17, 15) is 0 Å². The predicted octanol–water partition coefficient (Wildman–Crippen LogP) is 3.60. The molecule has 6 heteroatoms. The van der Waals surface area contributed by atoms with Gasteiger partial charge >= 0.3 is 0 Å². The molecule has 0 amide bonds. The molecule has 0 bridgehead atoms. The summed E-state index contributed by atoms with van der Waals surface area (Å²) in [6, 6.07) is 11.5. The third-order valence-corrected chi connectivity index (χ3v) is 3.28. The number of anilines is 1. The van der Waals surface area contributed by atoms with Gasteiger partial charge in [0.05, 0.1) is 5.56 Å². The molecular weight excluding hydrogens is 320 g/mol. The summed E-state index contributed by atoms with van der Waals surface area (Å²) in [6.45, 7) is 0. The van der Waals surface area contributed by atoms with Gasteiger partial charge in [-0.2, -0.15) is 4.98 Å². The van der Waals surface area contributed by atoms with Crippen molar-refractivity contribution in [1.29, 1.82) is 0 Å². The Kier molecular flexibility index (Phi) is 3.47. The van der Waals surface area contributed by atoms with Crippen LogP contribution in [0.1, 0.15) is 0 Å². The van der Waals surface area contributed by atoms with Gasteiger partial charge in [0, 0.05) is 23.4 Å². The molecule has 0 atom stereocenters. The van der Waals surface area contributed by atoms with Gasteiger partial charge in [-0.1, -0.05) is 17.3 Å². The molecule has 0 radical (unpaired) electrons. The second-order valence-corrected chi connectivity index (χ2v) is 5.00. The molecule has 5 nitrogen and oxygen atoms in total. The second-order valence-electron chi connectivity index (χ2n) is 4.08. The molecule has 20 heavy (non-hydrogen) atoms. The van der Waals surface area contributed by atoms with Gasteiger partial charge in [0.2, 0.25) is 5.82 Å². The van der Waals surface area contributed by atoms with Crippen molar-refractivity contribution in [3.8, 4) is 23.0 Å². The molecule has 0 aliphatic carbocycles. The highest BCUT2D eigenvalue weighted by atomic mass is 79.9. The van der Waals surface area contributed by atoms with Gasteiger partial charge in [-0.3, -0.25) is 4.98 Å². The lowest BCUT2D eigenvalue weighted by molar-refractivity contribution is 0.432. The number of para-hydroxylation sites is 1. The number of hydrogen-bond acceptors (Lipinski definition) is 5. The summed E-state index contributed by atoms with van der Waals surface area (Å²) >= 11 is 3.34. The molecule has 0 fully saturated rings. The third-order valence-electron chi connectivity index (χ3n) is 2.81. The molecule has 1 aromatic carbocycles. The van der Waals surface area contributed by atoms with E-state index < -0.39 is 0 Å². The quantitative estimate of drug-likeness (QED) is 0.794. The van der Waals surface area contributed by atoms with Crippen molar-refractivity contribution in [2.75, 3.05) is 12.4 Å². The number of rotatable bonds is 3. The molecule has 3 aromatic rings. The lowest BCUT2D eigenvalue weighted by Gasteiger charge is -2.03. The Morgan fingerprint density at radius 2 is 2.00 bits per heavy atom. The monoisotopic (exact) mass is 330 g/mol. The maximum atomic E-state index is 5.33. The molecule has 0 spiro atoms. The number of nitrogens with zero attached hydrogens (tertiary/aromatic N) is 3. The van der Waals surface area contributed by atoms with Crippen LogP contribution >= 0.6 is 15.9 Å². The highest BCUT2D eigenvalue weighted by Crippen LogP contribution is 2.27. The van der Waals surface area contributed by atoms with Crippen LogP contribution in [0.3, 0.4) is 0 Å². The topological polar surface area (TPSA) is 63.8 Å². The van der Waals surface area contributed by atoms with Crippen molar-refractivity contribution in [3.63, 3.8) is 0 Å². The Labute approximate surface area is 124 Å². The van der Waals surface area contributed by atoms with E-state index >= 15 is 0 Å². The molecule has 0 saturated carbocycles. The Morgan fingerprint density at radius 1 is 1.15 bits per heavy atom. The van der Waals surface area contributed by atoms with Gasteiger partial charge in [0.15, 0.2) is 0 Å². The van der Waals surface area contributed by atoms with Crippen LogP contribution in [0.5, 0.6) is 0 Å². The van der Waals surface area contributed by atoms with E-state index in [1.807, 2.05) is 43.4 Å². The van der Waals surface area contributed by atoms with E-state index in [1.165, 1.54) is 0 Å². The molecule has 2 heterocycles. The van der Waals surface area contributed by atoms with Gasteiger partial charge in [0.1, 0.15) is 5.69 Å². The van der Waals surface area contributed by atoms with Crippen LogP contribution < -0.4 is 5.32 Å². The van der Waals surface area contributed by atoms with Crippen molar-refractivity contribution in [3.05, 3.63) is 47.1 Å². The SMILES string of the molecule is CNc1ccccc1-c1nc(-c2ccc(Br)cn2)no1. The number of pyridine rings is 1. The fourth-order valence-corrected chi connectivity index (χ4v) is 2.07. The largest absolute Gasteiger partial charge is 0.387 e. The fourth-order valence-electron chi connectivity index (χ4n) is 1.83. The Bertz CT molecular complexity index is 724. The zero-order chi connectivity index (χ0) is 13.9. The van der Waals surface area contributed by atoms with Gasteiger partial charge in [0.25, 0.3) is 5.89 Å². The first-order valence-electron chi connectivity index (χ1n) is 6.01. The van der Waals surface area contributed by atoms with E-state index in [4.69, 9.17) is 4.52 Å². The number of aromatic nitrogens is 3. The van der Waals surface area contributed by atoms with Gasteiger partial charge < -0.3 is 9.84 Å². The van der Waals surface area contributed by atoms with Crippen LogP contribution in [-0.4, -0.2) is 22.2 Å². The first-order valence-corrected chi connectivity index (χ1v) is 6.80. The minimum absolute atomic E-state index is 0.467. The van der Waals surface area contributed by atoms with Crippen molar-refractivity contribution in [2.45, 2.75) is 0 Å². The third kappa shape index (κ3) is 2.42. The predicted molar refractivity (Wildman–Crippen MR) is 80.2 cm³/mol. The summed E-state index contributed by atoms with van der Waals surface area (Å²) in [7, 11) is 1.85. The first kappa shape index (κ1) is 12.8. The lowest BCUT2D eigenvalue weighted by atomic mass is 10.2. The molecule has 0 aliphatic heterocycles. The van der Waals surface area contributed by atoms with Gasteiger partial charge in [-0.15, -0.1) is 0 Å².